The molecule has 1 rings (SSSR count). The zero-order valence-corrected chi connectivity index (χ0v) is 6.93. The van der Waals surface area contributed by atoms with Gasteiger partial charge in [-0.2, -0.15) is 0 Å². The number of rotatable bonds is 2. The topological polar surface area (TPSA) is 41.6 Å². The SMILES string of the molecule is O=C(CNCl)N1CCOCC1. The van der Waals surface area contributed by atoms with E-state index in [0.29, 0.717) is 26.3 Å². The maximum absolute atomic E-state index is 11.1. The standard InChI is InChI=1S/C6H11ClN2O2/c7-8-5-6(10)9-1-3-11-4-2-9/h8H,1-5H2. The largest absolute Gasteiger partial charge is 0.378 e. The Morgan fingerprint density at radius 3 is 2.73 bits per heavy atom. The smallest absolute Gasteiger partial charge is 0.237 e. The summed E-state index contributed by atoms with van der Waals surface area (Å²) in [6.07, 6.45) is 0. The van der Waals surface area contributed by atoms with Gasteiger partial charge in [-0.05, 0) is 11.8 Å². The summed E-state index contributed by atoms with van der Waals surface area (Å²) in [4.78, 5) is 15.2. The van der Waals surface area contributed by atoms with Crippen molar-refractivity contribution >= 4 is 17.7 Å². The highest BCUT2D eigenvalue weighted by Crippen LogP contribution is 1.96. The van der Waals surface area contributed by atoms with E-state index in [2.05, 4.69) is 4.84 Å². The predicted octanol–water partition coefficient (Wildman–Crippen LogP) is -0.411. The quantitative estimate of drug-likeness (QED) is 0.585. The molecule has 0 saturated carbocycles. The van der Waals surface area contributed by atoms with E-state index in [0.717, 1.165) is 0 Å². The number of carbonyl (C=O) groups is 1. The maximum atomic E-state index is 11.1. The van der Waals surface area contributed by atoms with Gasteiger partial charge in [-0.3, -0.25) is 4.79 Å². The molecular formula is C6H11ClN2O2. The number of hydrogen-bond donors (Lipinski definition) is 1. The van der Waals surface area contributed by atoms with Gasteiger partial charge in [-0.15, -0.1) is 0 Å². The third kappa shape index (κ3) is 2.65. The summed E-state index contributed by atoms with van der Waals surface area (Å²) in [5, 5.41) is 0. The lowest BCUT2D eigenvalue weighted by Crippen LogP contribution is -2.43. The molecule has 1 amide bonds. The Hall–Kier alpha value is -0.320. The van der Waals surface area contributed by atoms with Gasteiger partial charge in [-0.25, -0.2) is 4.84 Å². The lowest BCUT2D eigenvalue weighted by atomic mass is 10.4. The van der Waals surface area contributed by atoms with Crippen molar-refractivity contribution in [1.29, 1.82) is 0 Å². The highest BCUT2D eigenvalue weighted by Gasteiger charge is 2.15. The highest BCUT2D eigenvalue weighted by atomic mass is 35.5. The van der Waals surface area contributed by atoms with Crippen LogP contribution in [-0.2, 0) is 9.53 Å². The average Bonchev–Trinajstić information content (AvgIpc) is 2.07. The van der Waals surface area contributed by atoms with E-state index in [1.807, 2.05) is 0 Å². The number of hydrogen-bond acceptors (Lipinski definition) is 3. The van der Waals surface area contributed by atoms with Crippen molar-refractivity contribution in [2.75, 3.05) is 32.8 Å². The number of nitrogens with zero attached hydrogens (tertiary/aromatic N) is 1. The first-order chi connectivity index (χ1) is 5.34. The molecule has 0 radical (unpaired) electrons. The second-order valence-corrected chi connectivity index (χ2v) is 2.57. The molecule has 1 aliphatic rings. The molecule has 5 heteroatoms. The first kappa shape index (κ1) is 8.77. The molecule has 0 aromatic carbocycles. The summed E-state index contributed by atoms with van der Waals surface area (Å²) in [5.41, 5.74) is 0. The fourth-order valence-electron chi connectivity index (χ4n) is 0.982. The van der Waals surface area contributed by atoms with Crippen molar-refractivity contribution in [2.24, 2.45) is 0 Å². The van der Waals surface area contributed by atoms with Crippen molar-refractivity contribution in [2.45, 2.75) is 0 Å². The second kappa shape index (κ2) is 4.54. The molecule has 0 aromatic heterocycles. The Morgan fingerprint density at radius 2 is 2.18 bits per heavy atom. The summed E-state index contributed by atoms with van der Waals surface area (Å²) < 4.78 is 5.08. The minimum Gasteiger partial charge on any atom is -0.378 e. The normalized spacial score (nSPS) is 18.5. The number of carbonyl (C=O) groups excluding carboxylic acids is 1. The summed E-state index contributed by atoms with van der Waals surface area (Å²) in [6, 6.07) is 0. The van der Waals surface area contributed by atoms with E-state index < -0.39 is 0 Å². The van der Waals surface area contributed by atoms with Crippen LogP contribution < -0.4 is 4.84 Å². The third-order valence-electron chi connectivity index (χ3n) is 1.58. The van der Waals surface area contributed by atoms with Crippen LogP contribution in [0.4, 0.5) is 0 Å². The molecule has 1 fully saturated rings. The lowest BCUT2D eigenvalue weighted by molar-refractivity contribution is -0.133. The summed E-state index contributed by atoms with van der Waals surface area (Å²) in [7, 11) is 0. The molecule has 1 N–H and O–H groups in total. The first-order valence-electron chi connectivity index (χ1n) is 3.53. The van der Waals surface area contributed by atoms with Crippen LogP contribution in [0.5, 0.6) is 0 Å². The Balaban J connectivity index is 2.27. The molecule has 1 saturated heterocycles. The van der Waals surface area contributed by atoms with Crippen LogP contribution in [0, 0.1) is 0 Å². The van der Waals surface area contributed by atoms with Crippen molar-refractivity contribution in [3.8, 4) is 0 Å². The predicted molar refractivity (Wildman–Crippen MR) is 41.3 cm³/mol. The molecule has 0 aliphatic carbocycles. The van der Waals surface area contributed by atoms with Crippen LogP contribution in [-0.4, -0.2) is 43.7 Å². The third-order valence-corrected chi connectivity index (χ3v) is 1.72. The van der Waals surface area contributed by atoms with Crippen molar-refractivity contribution in [1.82, 2.24) is 9.74 Å². The van der Waals surface area contributed by atoms with Crippen LogP contribution in [0.3, 0.4) is 0 Å². The minimum atomic E-state index is 0.0308. The van der Waals surface area contributed by atoms with E-state index in [1.165, 1.54) is 0 Å². The molecular weight excluding hydrogens is 168 g/mol. The average molecular weight is 179 g/mol. The van der Waals surface area contributed by atoms with Gasteiger partial charge < -0.3 is 9.64 Å². The van der Waals surface area contributed by atoms with Crippen LogP contribution in [0.15, 0.2) is 0 Å². The molecule has 4 nitrogen and oxygen atoms in total. The molecule has 0 aromatic rings. The van der Waals surface area contributed by atoms with Gasteiger partial charge in [0.15, 0.2) is 0 Å². The fourth-order valence-corrected chi connectivity index (χ4v) is 1.10. The number of amides is 1. The van der Waals surface area contributed by atoms with E-state index in [4.69, 9.17) is 16.5 Å². The van der Waals surface area contributed by atoms with Gasteiger partial charge in [0.25, 0.3) is 0 Å². The molecule has 1 aliphatic heterocycles. The van der Waals surface area contributed by atoms with Crippen LogP contribution in [0.1, 0.15) is 0 Å². The van der Waals surface area contributed by atoms with E-state index in [-0.39, 0.29) is 12.5 Å². The summed E-state index contributed by atoms with van der Waals surface area (Å²) in [5.74, 6) is 0.0308. The van der Waals surface area contributed by atoms with Gasteiger partial charge in [0, 0.05) is 13.1 Å². The minimum absolute atomic E-state index is 0.0308. The van der Waals surface area contributed by atoms with Crippen LogP contribution in [0.2, 0.25) is 0 Å². The number of nitrogens with one attached hydrogen (secondary N) is 1. The van der Waals surface area contributed by atoms with Gasteiger partial charge in [-0.1, -0.05) is 0 Å². The summed E-state index contributed by atoms with van der Waals surface area (Å²) in [6.45, 7) is 2.82. The van der Waals surface area contributed by atoms with E-state index in [1.54, 1.807) is 4.90 Å². The number of halogens is 1. The van der Waals surface area contributed by atoms with Gasteiger partial charge in [0.2, 0.25) is 5.91 Å². The van der Waals surface area contributed by atoms with Gasteiger partial charge in [0.1, 0.15) is 0 Å². The summed E-state index contributed by atoms with van der Waals surface area (Å²) >= 11 is 5.19. The van der Waals surface area contributed by atoms with Crippen LogP contribution >= 0.6 is 11.8 Å². The van der Waals surface area contributed by atoms with Gasteiger partial charge >= 0.3 is 0 Å². The zero-order valence-electron chi connectivity index (χ0n) is 6.18. The van der Waals surface area contributed by atoms with Crippen molar-refractivity contribution < 1.29 is 9.53 Å². The zero-order chi connectivity index (χ0) is 8.10. The number of ether oxygens (including phenoxy) is 1. The van der Waals surface area contributed by atoms with E-state index >= 15 is 0 Å². The molecule has 11 heavy (non-hydrogen) atoms. The van der Waals surface area contributed by atoms with Crippen LogP contribution in [0.25, 0.3) is 0 Å². The highest BCUT2D eigenvalue weighted by molar-refractivity contribution is 6.14. The molecule has 0 bridgehead atoms. The molecule has 0 spiro atoms. The monoisotopic (exact) mass is 178 g/mol. The molecule has 0 unspecified atom stereocenters. The van der Waals surface area contributed by atoms with E-state index in [9.17, 15) is 4.79 Å². The Labute approximate surface area is 70.6 Å². The maximum Gasteiger partial charge on any atom is 0.237 e. The molecule has 64 valence electrons. The molecule has 0 atom stereocenters. The van der Waals surface area contributed by atoms with Crippen molar-refractivity contribution in [3.05, 3.63) is 0 Å². The molecule has 1 heterocycles. The Kier molecular flexibility index (Phi) is 3.62. The second-order valence-electron chi connectivity index (χ2n) is 2.30. The lowest BCUT2D eigenvalue weighted by Gasteiger charge is -2.26. The number of morpholine rings is 1. The first-order valence-corrected chi connectivity index (χ1v) is 3.91. The fraction of sp³-hybridized carbons (Fsp3) is 0.833. The Bertz CT molecular complexity index is 137. The van der Waals surface area contributed by atoms with Crippen molar-refractivity contribution in [3.63, 3.8) is 0 Å². The Morgan fingerprint density at radius 1 is 1.55 bits per heavy atom. The van der Waals surface area contributed by atoms with Gasteiger partial charge in [0.05, 0.1) is 19.8 Å².